The van der Waals surface area contributed by atoms with Crippen LogP contribution in [0.4, 0.5) is 0 Å². The molecule has 1 nitrogen and oxygen atoms in total. The van der Waals surface area contributed by atoms with Crippen LogP contribution in [0.5, 0.6) is 0 Å². The van der Waals surface area contributed by atoms with E-state index in [9.17, 15) is 0 Å². The Bertz CT molecular complexity index is 856. The summed E-state index contributed by atoms with van der Waals surface area (Å²) < 4.78 is 1.25. The van der Waals surface area contributed by atoms with Gasteiger partial charge < -0.3 is 5.32 Å². The third-order valence-electron chi connectivity index (χ3n) is 9.64. The predicted octanol–water partition coefficient (Wildman–Crippen LogP) is 7.99. The van der Waals surface area contributed by atoms with Crippen LogP contribution in [-0.2, 0) is 0 Å². The largest absolute Gasteiger partial charge is 0.302 e. The van der Waals surface area contributed by atoms with Crippen molar-refractivity contribution < 1.29 is 0 Å². The highest BCUT2D eigenvalue weighted by Gasteiger charge is 2.57. The second kappa shape index (κ2) is 7.73. The van der Waals surface area contributed by atoms with Crippen molar-refractivity contribution in [3.63, 3.8) is 0 Å². The topological polar surface area (TPSA) is 12.0 Å². The molecule has 1 heterocycles. The van der Waals surface area contributed by atoms with Crippen LogP contribution in [0.25, 0.3) is 6.08 Å². The van der Waals surface area contributed by atoms with Gasteiger partial charge in [0.1, 0.15) is 0 Å². The number of benzene rings is 1. The zero-order valence-electron chi connectivity index (χ0n) is 19.1. The summed E-state index contributed by atoms with van der Waals surface area (Å²) in [6, 6.07) is 7.51. The highest BCUT2D eigenvalue weighted by atomic mass is 79.9. The van der Waals surface area contributed by atoms with E-state index in [2.05, 4.69) is 96.1 Å². The fraction of sp³-hybridized carbons (Fsp3) is 0.704. The standard InChI is InChI=1S/C27H37Br2N/c1-14-11-19-16(3)17-9-10-24(29)30-23(17)13-21(19)26(14)27(4,5)25-15(2)12-20-18(25)7-6-8-22(20)28/h6-8,12,14,16-17,19,21,23-26,30H,9-11,13H2,1-5H3. The molecule has 3 heteroatoms. The van der Waals surface area contributed by atoms with Gasteiger partial charge in [-0.25, -0.2) is 0 Å². The van der Waals surface area contributed by atoms with Crippen LogP contribution in [0.1, 0.15) is 77.3 Å². The zero-order valence-corrected chi connectivity index (χ0v) is 22.3. The Balaban J connectivity index is 1.49. The molecule has 0 bridgehead atoms. The number of hydrogen-bond acceptors (Lipinski definition) is 1. The Hall–Kier alpha value is -0.120. The minimum atomic E-state index is 0.264. The molecular weight excluding hydrogens is 498 g/mol. The number of alkyl halides is 1. The summed E-state index contributed by atoms with van der Waals surface area (Å²) in [4.78, 5) is 0.511. The minimum absolute atomic E-state index is 0.264. The van der Waals surface area contributed by atoms with E-state index < -0.39 is 0 Å². The highest BCUT2D eigenvalue weighted by molar-refractivity contribution is 9.10. The molecule has 1 aromatic rings. The van der Waals surface area contributed by atoms with Gasteiger partial charge in [-0.3, -0.25) is 0 Å². The van der Waals surface area contributed by atoms with Crippen LogP contribution in [0.3, 0.4) is 0 Å². The van der Waals surface area contributed by atoms with Crippen molar-refractivity contribution in [2.75, 3.05) is 0 Å². The van der Waals surface area contributed by atoms with E-state index in [1.54, 1.807) is 11.1 Å². The summed E-state index contributed by atoms with van der Waals surface area (Å²) in [6.45, 7) is 12.7. The fourth-order valence-electron chi connectivity index (χ4n) is 8.81. The summed E-state index contributed by atoms with van der Waals surface area (Å²) in [7, 11) is 0. The van der Waals surface area contributed by atoms with Gasteiger partial charge in [-0.1, -0.05) is 83.3 Å². The van der Waals surface area contributed by atoms with E-state index in [0.717, 1.165) is 35.5 Å². The maximum Gasteiger partial charge on any atom is 0.0632 e. The Labute approximate surface area is 200 Å². The monoisotopic (exact) mass is 533 g/mol. The molecule has 1 aliphatic heterocycles. The molecule has 3 aliphatic carbocycles. The van der Waals surface area contributed by atoms with Crippen molar-refractivity contribution in [2.45, 2.75) is 77.2 Å². The quantitative estimate of drug-likeness (QED) is 0.299. The first-order valence-corrected chi connectivity index (χ1v) is 13.8. The van der Waals surface area contributed by atoms with Crippen LogP contribution < -0.4 is 5.32 Å². The lowest BCUT2D eigenvalue weighted by atomic mass is 9.56. The lowest BCUT2D eigenvalue weighted by molar-refractivity contribution is 0.0121. The predicted molar refractivity (Wildman–Crippen MR) is 135 cm³/mol. The molecule has 164 valence electrons. The van der Waals surface area contributed by atoms with Gasteiger partial charge in [-0.15, -0.1) is 0 Å². The van der Waals surface area contributed by atoms with Gasteiger partial charge in [0.25, 0.3) is 0 Å². The molecule has 0 aromatic heterocycles. The van der Waals surface area contributed by atoms with Gasteiger partial charge in [0, 0.05) is 16.4 Å². The first-order chi connectivity index (χ1) is 14.2. The first kappa shape index (κ1) is 21.7. The second-order valence-corrected chi connectivity index (χ2v) is 13.5. The van der Waals surface area contributed by atoms with Gasteiger partial charge in [-0.05, 0) is 90.7 Å². The van der Waals surface area contributed by atoms with E-state index >= 15 is 0 Å². The number of nitrogens with one attached hydrogen (secondary N) is 1. The van der Waals surface area contributed by atoms with Gasteiger partial charge in [0.15, 0.2) is 0 Å². The van der Waals surface area contributed by atoms with Crippen LogP contribution in [-0.4, -0.2) is 11.0 Å². The third kappa shape index (κ3) is 3.24. The molecule has 1 N–H and O–H groups in total. The van der Waals surface area contributed by atoms with Crippen molar-refractivity contribution >= 4 is 37.9 Å². The third-order valence-corrected chi connectivity index (χ3v) is 11.1. The zero-order chi connectivity index (χ0) is 21.4. The van der Waals surface area contributed by atoms with Crippen molar-refractivity contribution in [2.24, 2.45) is 40.9 Å². The number of rotatable bonds is 2. The lowest BCUT2D eigenvalue weighted by Gasteiger charge is -2.52. The Morgan fingerprint density at radius 3 is 2.57 bits per heavy atom. The van der Waals surface area contributed by atoms with Gasteiger partial charge in [0.2, 0.25) is 0 Å². The molecule has 0 radical (unpaired) electrons. The molecule has 9 atom stereocenters. The van der Waals surface area contributed by atoms with Crippen molar-refractivity contribution in [3.8, 4) is 0 Å². The molecular formula is C27H37Br2N. The maximum atomic E-state index is 3.95. The molecule has 0 amide bonds. The number of allylic oxidation sites excluding steroid dienone is 1. The second-order valence-electron chi connectivity index (χ2n) is 11.5. The molecule has 1 aromatic carbocycles. The van der Waals surface area contributed by atoms with Gasteiger partial charge >= 0.3 is 0 Å². The summed E-state index contributed by atoms with van der Waals surface area (Å²) in [5, 5.41) is 3.95. The number of piperidine rings is 1. The molecule has 5 rings (SSSR count). The van der Waals surface area contributed by atoms with Crippen LogP contribution >= 0.6 is 31.9 Å². The summed E-state index contributed by atoms with van der Waals surface area (Å²) in [6.07, 6.45) is 7.93. The minimum Gasteiger partial charge on any atom is -0.302 e. The average molecular weight is 535 g/mol. The molecule has 3 fully saturated rings. The van der Waals surface area contributed by atoms with Crippen molar-refractivity contribution in [1.82, 2.24) is 5.32 Å². The molecule has 1 saturated heterocycles. The molecule has 4 aliphatic rings. The van der Waals surface area contributed by atoms with E-state index in [-0.39, 0.29) is 5.41 Å². The van der Waals surface area contributed by atoms with Crippen LogP contribution in [0.15, 0.2) is 28.2 Å². The summed E-state index contributed by atoms with van der Waals surface area (Å²) >= 11 is 7.69. The fourth-order valence-corrected chi connectivity index (χ4v) is 9.91. The van der Waals surface area contributed by atoms with Gasteiger partial charge in [-0.2, -0.15) is 0 Å². The molecule has 30 heavy (non-hydrogen) atoms. The number of hydrogen-bond donors (Lipinski definition) is 1. The van der Waals surface area contributed by atoms with E-state index in [4.69, 9.17) is 0 Å². The van der Waals surface area contributed by atoms with Crippen molar-refractivity contribution in [1.29, 1.82) is 0 Å². The van der Waals surface area contributed by atoms with Crippen LogP contribution in [0.2, 0.25) is 0 Å². The lowest BCUT2D eigenvalue weighted by Crippen LogP contribution is -2.54. The van der Waals surface area contributed by atoms with Crippen molar-refractivity contribution in [3.05, 3.63) is 39.4 Å². The summed E-state index contributed by atoms with van der Waals surface area (Å²) in [5.41, 5.74) is 4.78. The smallest absolute Gasteiger partial charge is 0.0632 e. The number of halogens is 2. The Kier molecular flexibility index (Phi) is 5.60. The highest BCUT2D eigenvalue weighted by Crippen LogP contribution is 2.63. The molecule has 0 spiro atoms. The maximum absolute atomic E-state index is 3.95. The Morgan fingerprint density at radius 1 is 1.03 bits per heavy atom. The van der Waals surface area contributed by atoms with Crippen LogP contribution in [0, 0.1) is 40.9 Å². The van der Waals surface area contributed by atoms with Gasteiger partial charge in [0.05, 0.1) is 4.95 Å². The first-order valence-electron chi connectivity index (χ1n) is 12.1. The SMILES string of the molecule is CC1=Cc2c(Br)cccc2C1C(C)(C)C1C(C)CC2C(C)C3CCC(Br)NC3CC21. The normalized spacial score (nSPS) is 43.0. The van der Waals surface area contributed by atoms with E-state index in [1.165, 1.54) is 35.7 Å². The van der Waals surface area contributed by atoms with E-state index in [0.29, 0.717) is 16.9 Å². The Morgan fingerprint density at radius 2 is 1.80 bits per heavy atom. The molecule has 9 unspecified atom stereocenters. The number of fused-ring (bicyclic) bond motifs is 3. The summed E-state index contributed by atoms with van der Waals surface area (Å²) in [5.74, 6) is 5.60. The average Bonchev–Trinajstić information content (AvgIpc) is 3.19. The van der Waals surface area contributed by atoms with E-state index in [1.807, 2.05) is 0 Å². The molecule has 2 saturated carbocycles.